The summed E-state index contributed by atoms with van der Waals surface area (Å²) in [6.45, 7) is 0. The third-order valence-electron chi connectivity index (χ3n) is 1.31. The molecule has 0 aliphatic heterocycles. The predicted octanol–water partition coefficient (Wildman–Crippen LogP) is 1.10. The Balaban J connectivity index is 3.05. The maximum atomic E-state index is 12.5. The van der Waals surface area contributed by atoms with E-state index in [-0.39, 0.29) is 11.3 Å². The highest BCUT2D eigenvalue weighted by molar-refractivity contribution is 5.81. The van der Waals surface area contributed by atoms with Gasteiger partial charge in [-0.1, -0.05) is 0 Å². The Morgan fingerprint density at radius 3 is 2.77 bits per heavy atom. The SMILES string of the molecule is NC(=O)Oc1ccc(F)cc1C=O. The Hall–Kier alpha value is -1.91. The van der Waals surface area contributed by atoms with Crippen LogP contribution in [0.4, 0.5) is 9.18 Å². The number of rotatable bonds is 2. The number of carbonyl (C=O) groups is 2. The summed E-state index contributed by atoms with van der Waals surface area (Å²) in [5.74, 6) is -0.636. The number of hydrogen-bond acceptors (Lipinski definition) is 3. The van der Waals surface area contributed by atoms with Gasteiger partial charge in [-0.3, -0.25) is 4.79 Å². The van der Waals surface area contributed by atoms with Crippen molar-refractivity contribution in [3.05, 3.63) is 29.6 Å². The molecule has 1 aromatic carbocycles. The van der Waals surface area contributed by atoms with Crippen LogP contribution in [0.5, 0.6) is 5.75 Å². The van der Waals surface area contributed by atoms with Crippen molar-refractivity contribution >= 4 is 12.4 Å². The number of halogens is 1. The monoisotopic (exact) mass is 183 g/mol. The van der Waals surface area contributed by atoms with Gasteiger partial charge in [0.15, 0.2) is 6.29 Å². The summed E-state index contributed by atoms with van der Waals surface area (Å²) >= 11 is 0. The van der Waals surface area contributed by atoms with Crippen LogP contribution in [0.2, 0.25) is 0 Å². The van der Waals surface area contributed by atoms with Crippen molar-refractivity contribution < 1.29 is 18.7 Å². The van der Waals surface area contributed by atoms with E-state index in [1.807, 2.05) is 0 Å². The van der Waals surface area contributed by atoms with Gasteiger partial charge in [0.25, 0.3) is 0 Å². The maximum absolute atomic E-state index is 12.5. The van der Waals surface area contributed by atoms with E-state index in [9.17, 15) is 14.0 Å². The lowest BCUT2D eigenvalue weighted by Crippen LogP contribution is -2.17. The van der Waals surface area contributed by atoms with Gasteiger partial charge in [0, 0.05) is 0 Å². The van der Waals surface area contributed by atoms with Gasteiger partial charge in [-0.25, -0.2) is 9.18 Å². The molecule has 0 atom stereocenters. The molecule has 1 rings (SSSR count). The molecule has 0 fully saturated rings. The first-order valence-electron chi connectivity index (χ1n) is 3.35. The van der Waals surface area contributed by atoms with E-state index in [0.29, 0.717) is 6.29 Å². The summed E-state index contributed by atoms with van der Waals surface area (Å²) in [5.41, 5.74) is 4.66. The molecule has 0 radical (unpaired) electrons. The minimum absolute atomic E-state index is 0.0519. The molecule has 0 saturated heterocycles. The average molecular weight is 183 g/mol. The summed E-state index contributed by atoms with van der Waals surface area (Å²) in [7, 11) is 0. The van der Waals surface area contributed by atoms with E-state index in [0.717, 1.165) is 18.2 Å². The molecule has 0 spiro atoms. The van der Waals surface area contributed by atoms with Gasteiger partial charge in [-0.05, 0) is 18.2 Å². The van der Waals surface area contributed by atoms with Gasteiger partial charge in [0.05, 0.1) is 5.56 Å². The minimum atomic E-state index is -1.05. The molecule has 0 aliphatic rings. The van der Waals surface area contributed by atoms with Crippen molar-refractivity contribution in [2.24, 2.45) is 5.73 Å². The summed E-state index contributed by atoms with van der Waals surface area (Å²) < 4.78 is 17.0. The zero-order valence-corrected chi connectivity index (χ0v) is 6.49. The van der Waals surface area contributed by atoms with Crippen molar-refractivity contribution in [2.75, 3.05) is 0 Å². The van der Waals surface area contributed by atoms with Crippen LogP contribution < -0.4 is 10.5 Å². The molecule has 2 N–H and O–H groups in total. The van der Waals surface area contributed by atoms with Crippen LogP contribution in [0.3, 0.4) is 0 Å². The first-order valence-corrected chi connectivity index (χ1v) is 3.35. The average Bonchev–Trinajstić information content (AvgIpc) is 2.07. The standard InChI is InChI=1S/C8H6FNO3/c9-6-1-2-7(13-8(10)12)5(3-6)4-11/h1-4H,(H2,10,12). The zero-order valence-electron chi connectivity index (χ0n) is 6.49. The van der Waals surface area contributed by atoms with Gasteiger partial charge in [-0.15, -0.1) is 0 Å². The molecule has 0 aromatic heterocycles. The smallest absolute Gasteiger partial charge is 0.409 e. The Labute approximate surface area is 73.1 Å². The lowest BCUT2D eigenvalue weighted by atomic mass is 10.2. The van der Waals surface area contributed by atoms with Crippen LogP contribution in [0.15, 0.2) is 18.2 Å². The fraction of sp³-hybridized carbons (Fsp3) is 0. The first-order chi connectivity index (χ1) is 6.13. The van der Waals surface area contributed by atoms with E-state index < -0.39 is 11.9 Å². The number of ether oxygens (including phenoxy) is 1. The Bertz CT molecular complexity index is 351. The van der Waals surface area contributed by atoms with Crippen molar-refractivity contribution in [1.29, 1.82) is 0 Å². The number of primary amides is 1. The van der Waals surface area contributed by atoms with Crippen molar-refractivity contribution in [2.45, 2.75) is 0 Å². The van der Waals surface area contributed by atoms with Gasteiger partial charge < -0.3 is 10.5 Å². The van der Waals surface area contributed by atoms with Crippen LogP contribution in [0, 0.1) is 5.82 Å². The first kappa shape index (κ1) is 9.18. The molecular weight excluding hydrogens is 177 g/mol. The Morgan fingerprint density at radius 2 is 2.23 bits per heavy atom. The molecule has 0 saturated carbocycles. The van der Waals surface area contributed by atoms with Crippen LogP contribution in [-0.4, -0.2) is 12.4 Å². The maximum Gasteiger partial charge on any atom is 0.409 e. The Kier molecular flexibility index (Phi) is 2.59. The van der Waals surface area contributed by atoms with E-state index in [2.05, 4.69) is 4.74 Å². The van der Waals surface area contributed by atoms with E-state index in [1.165, 1.54) is 0 Å². The number of benzene rings is 1. The second-order valence-corrected chi connectivity index (χ2v) is 2.22. The summed E-state index contributed by atoms with van der Waals surface area (Å²) in [6.07, 6.45) is -0.670. The summed E-state index contributed by atoms with van der Waals surface area (Å²) in [6, 6.07) is 3.17. The molecule has 0 heterocycles. The summed E-state index contributed by atoms with van der Waals surface area (Å²) in [5, 5.41) is 0. The van der Waals surface area contributed by atoms with Crippen LogP contribution in [0.25, 0.3) is 0 Å². The molecule has 0 aliphatic carbocycles. The molecule has 68 valence electrons. The molecule has 0 unspecified atom stereocenters. The van der Waals surface area contributed by atoms with Gasteiger partial charge in [0.1, 0.15) is 11.6 Å². The van der Waals surface area contributed by atoms with Crippen LogP contribution in [-0.2, 0) is 0 Å². The molecule has 1 aromatic rings. The normalized spacial score (nSPS) is 9.31. The van der Waals surface area contributed by atoms with Crippen LogP contribution in [0.1, 0.15) is 10.4 Å². The van der Waals surface area contributed by atoms with E-state index in [4.69, 9.17) is 5.73 Å². The molecular formula is C8H6FNO3. The van der Waals surface area contributed by atoms with Gasteiger partial charge in [-0.2, -0.15) is 0 Å². The number of carbonyl (C=O) groups excluding carboxylic acids is 2. The lowest BCUT2D eigenvalue weighted by Gasteiger charge is -2.02. The van der Waals surface area contributed by atoms with Gasteiger partial charge in [0.2, 0.25) is 0 Å². The van der Waals surface area contributed by atoms with Crippen molar-refractivity contribution in [3.63, 3.8) is 0 Å². The molecule has 0 bridgehead atoms. The number of aldehydes is 1. The van der Waals surface area contributed by atoms with Crippen molar-refractivity contribution in [1.82, 2.24) is 0 Å². The second kappa shape index (κ2) is 3.66. The largest absolute Gasteiger partial charge is 0.410 e. The Morgan fingerprint density at radius 1 is 1.54 bits per heavy atom. The highest BCUT2D eigenvalue weighted by atomic mass is 19.1. The topological polar surface area (TPSA) is 69.4 Å². The fourth-order valence-corrected chi connectivity index (χ4v) is 0.813. The quantitative estimate of drug-likeness (QED) is 0.698. The fourth-order valence-electron chi connectivity index (χ4n) is 0.813. The molecule has 5 heteroatoms. The summed E-state index contributed by atoms with van der Waals surface area (Å²) in [4.78, 5) is 20.7. The van der Waals surface area contributed by atoms with Crippen molar-refractivity contribution in [3.8, 4) is 5.75 Å². The number of hydrogen-bond donors (Lipinski definition) is 1. The lowest BCUT2D eigenvalue weighted by molar-refractivity contribution is 0.112. The minimum Gasteiger partial charge on any atom is -0.410 e. The van der Waals surface area contributed by atoms with Gasteiger partial charge >= 0.3 is 6.09 Å². The molecule has 13 heavy (non-hydrogen) atoms. The van der Waals surface area contributed by atoms with Crippen LogP contribution >= 0.6 is 0 Å². The predicted molar refractivity (Wildman–Crippen MR) is 42.0 cm³/mol. The molecule has 1 amide bonds. The highest BCUT2D eigenvalue weighted by Crippen LogP contribution is 2.17. The highest BCUT2D eigenvalue weighted by Gasteiger charge is 2.06. The zero-order chi connectivity index (χ0) is 9.84. The second-order valence-electron chi connectivity index (χ2n) is 2.22. The third kappa shape index (κ3) is 2.26. The number of nitrogens with two attached hydrogens (primary N) is 1. The third-order valence-corrected chi connectivity index (χ3v) is 1.31. The van der Waals surface area contributed by atoms with E-state index >= 15 is 0 Å². The van der Waals surface area contributed by atoms with E-state index in [1.54, 1.807) is 0 Å². The molecule has 4 nitrogen and oxygen atoms in total. The number of amides is 1.